The van der Waals surface area contributed by atoms with Gasteiger partial charge in [-0.15, -0.1) is 5.10 Å². The first-order valence-corrected chi connectivity index (χ1v) is 6.67. The van der Waals surface area contributed by atoms with Crippen molar-refractivity contribution < 1.29 is 18.3 Å². The fourth-order valence-electron chi connectivity index (χ4n) is 2.06. The van der Waals surface area contributed by atoms with Gasteiger partial charge < -0.3 is 10.0 Å². The summed E-state index contributed by atoms with van der Waals surface area (Å²) < 4.78 is 36.9. The quantitative estimate of drug-likeness (QED) is 0.879. The zero-order chi connectivity index (χ0) is 15.6. The minimum absolute atomic E-state index is 0.399. The van der Waals surface area contributed by atoms with Crippen LogP contribution in [0.1, 0.15) is 11.4 Å². The molecule has 1 unspecified atom stereocenters. The van der Waals surface area contributed by atoms with Gasteiger partial charge in [0.2, 0.25) is 5.95 Å². The van der Waals surface area contributed by atoms with Crippen molar-refractivity contribution in [3.63, 3.8) is 0 Å². The monoisotopic (exact) mass is 305 g/mol. The molecule has 0 spiro atoms. The van der Waals surface area contributed by atoms with Crippen LogP contribution in [0, 0.1) is 13.8 Å². The van der Waals surface area contributed by atoms with Gasteiger partial charge in [0.05, 0.1) is 11.4 Å². The van der Waals surface area contributed by atoms with Crippen molar-refractivity contribution in [3.8, 4) is 0 Å². The van der Waals surface area contributed by atoms with Gasteiger partial charge in [-0.3, -0.25) is 4.90 Å². The van der Waals surface area contributed by atoms with Crippen LogP contribution in [0.15, 0.2) is 0 Å². The highest BCUT2D eigenvalue weighted by molar-refractivity contribution is 5.30. The predicted molar refractivity (Wildman–Crippen MR) is 70.0 cm³/mol. The Morgan fingerprint density at radius 1 is 1.10 bits per heavy atom. The van der Waals surface area contributed by atoms with Crippen LogP contribution >= 0.6 is 0 Å². The van der Waals surface area contributed by atoms with E-state index in [1.165, 1.54) is 0 Å². The second-order valence-corrected chi connectivity index (χ2v) is 5.13. The van der Waals surface area contributed by atoms with Gasteiger partial charge in [-0.2, -0.15) is 18.3 Å². The van der Waals surface area contributed by atoms with Crippen molar-refractivity contribution in [3.05, 3.63) is 11.4 Å². The Kier molecular flexibility index (Phi) is 4.62. The molecular formula is C12H18F3N5O. The van der Waals surface area contributed by atoms with Crippen molar-refractivity contribution in [2.75, 3.05) is 37.6 Å². The van der Waals surface area contributed by atoms with E-state index in [1.807, 2.05) is 18.7 Å². The summed E-state index contributed by atoms with van der Waals surface area (Å²) in [4.78, 5) is 7.80. The summed E-state index contributed by atoms with van der Waals surface area (Å²) in [5.74, 6) is 0.495. The van der Waals surface area contributed by atoms with Crippen LogP contribution < -0.4 is 4.90 Å². The summed E-state index contributed by atoms with van der Waals surface area (Å²) in [6.07, 6.45) is -6.87. The van der Waals surface area contributed by atoms with Gasteiger partial charge in [-0.1, -0.05) is 0 Å². The largest absolute Gasteiger partial charge is 0.415 e. The molecule has 1 saturated heterocycles. The number of piperazine rings is 1. The highest BCUT2D eigenvalue weighted by Gasteiger charge is 2.39. The summed E-state index contributed by atoms with van der Waals surface area (Å²) in [6, 6.07) is 0. The minimum atomic E-state index is -4.57. The molecule has 0 amide bonds. The van der Waals surface area contributed by atoms with Crippen molar-refractivity contribution >= 4 is 5.95 Å². The number of aromatic nitrogens is 3. The molecule has 2 rings (SSSR count). The van der Waals surface area contributed by atoms with Crippen molar-refractivity contribution in [2.45, 2.75) is 26.1 Å². The maximum atomic E-state index is 12.3. The van der Waals surface area contributed by atoms with Crippen molar-refractivity contribution in [1.82, 2.24) is 20.1 Å². The third-order valence-electron chi connectivity index (χ3n) is 3.54. The standard InChI is InChI=1S/C12H18F3N5O/c1-8-9(2)17-18-11(16-8)20-5-3-19(4-6-20)7-10(21)12(13,14)15/h10,21H,3-7H2,1-2H3. The zero-order valence-electron chi connectivity index (χ0n) is 11.9. The molecule has 1 atom stereocenters. The molecule has 0 radical (unpaired) electrons. The van der Waals surface area contributed by atoms with Crippen LogP contribution in [0.25, 0.3) is 0 Å². The molecule has 1 fully saturated rings. The van der Waals surface area contributed by atoms with E-state index < -0.39 is 18.8 Å². The maximum absolute atomic E-state index is 12.3. The Labute approximate surface area is 120 Å². The lowest BCUT2D eigenvalue weighted by molar-refractivity contribution is -0.208. The molecule has 1 N–H and O–H groups in total. The second kappa shape index (κ2) is 6.10. The van der Waals surface area contributed by atoms with Gasteiger partial charge in [-0.25, -0.2) is 4.98 Å². The molecule has 0 aliphatic carbocycles. The van der Waals surface area contributed by atoms with Gasteiger partial charge in [0.1, 0.15) is 0 Å². The van der Waals surface area contributed by atoms with E-state index in [4.69, 9.17) is 5.11 Å². The van der Waals surface area contributed by atoms with E-state index in [0.29, 0.717) is 32.1 Å². The first-order valence-electron chi connectivity index (χ1n) is 6.67. The highest BCUT2D eigenvalue weighted by Crippen LogP contribution is 2.21. The summed E-state index contributed by atoms with van der Waals surface area (Å²) in [5, 5.41) is 17.1. The van der Waals surface area contributed by atoms with E-state index >= 15 is 0 Å². The summed E-state index contributed by atoms with van der Waals surface area (Å²) in [5.41, 5.74) is 1.54. The number of aliphatic hydroxyl groups excluding tert-OH is 1. The van der Waals surface area contributed by atoms with Gasteiger partial charge >= 0.3 is 6.18 Å². The Morgan fingerprint density at radius 3 is 2.24 bits per heavy atom. The number of hydrogen-bond acceptors (Lipinski definition) is 6. The lowest BCUT2D eigenvalue weighted by atomic mass is 10.2. The molecule has 0 aromatic carbocycles. The van der Waals surface area contributed by atoms with Crippen molar-refractivity contribution in [2.24, 2.45) is 0 Å². The van der Waals surface area contributed by atoms with Crippen LogP contribution in [-0.2, 0) is 0 Å². The normalized spacial score (nSPS) is 18.9. The molecule has 1 aromatic rings. The van der Waals surface area contributed by atoms with Crippen LogP contribution in [0.5, 0.6) is 0 Å². The van der Waals surface area contributed by atoms with E-state index in [-0.39, 0.29) is 0 Å². The number of β-amino-alcohol motifs (C(OH)–C–C–N with tert-alkyl or cyclic N) is 1. The summed E-state index contributed by atoms with van der Waals surface area (Å²) in [7, 11) is 0. The molecule has 21 heavy (non-hydrogen) atoms. The van der Waals surface area contributed by atoms with E-state index in [9.17, 15) is 13.2 Å². The molecule has 118 valence electrons. The smallest absolute Gasteiger partial charge is 0.382 e. The highest BCUT2D eigenvalue weighted by atomic mass is 19.4. The van der Waals surface area contributed by atoms with Gasteiger partial charge in [0, 0.05) is 32.7 Å². The Balaban J connectivity index is 1.90. The van der Waals surface area contributed by atoms with E-state index in [2.05, 4.69) is 15.2 Å². The summed E-state index contributed by atoms with van der Waals surface area (Å²) >= 11 is 0. The van der Waals surface area contributed by atoms with E-state index in [1.54, 1.807) is 4.90 Å². The minimum Gasteiger partial charge on any atom is -0.382 e. The third kappa shape index (κ3) is 4.01. The van der Waals surface area contributed by atoms with Crippen LogP contribution in [-0.4, -0.2) is 70.2 Å². The van der Waals surface area contributed by atoms with E-state index in [0.717, 1.165) is 11.4 Å². The molecule has 2 heterocycles. The zero-order valence-corrected chi connectivity index (χ0v) is 11.9. The number of rotatable bonds is 3. The number of aliphatic hydroxyl groups is 1. The summed E-state index contributed by atoms with van der Waals surface area (Å²) in [6.45, 7) is 5.11. The van der Waals surface area contributed by atoms with Gasteiger partial charge in [0.25, 0.3) is 0 Å². The Bertz CT molecular complexity index is 488. The Hall–Kier alpha value is -1.48. The first-order chi connectivity index (χ1) is 9.77. The molecule has 1 aliphatic rings. The lowest BCUT2D eigenvalue weighted by Crippen LogP contribution is -2.51. The average molecular weight is 305 g/mol. The number of anilines is 1. The van der Waals surface area contributed by atoms with Crippen LogP contribution in [0.4, 0.5) is 19.1 Å². The number of aryl methyl sites for hydroxylation is 2. The second-order valence-electron chi connectivity index (χ2n) is 5.13. The number of hydrogen-bond donors (Lipinski definition) is 1. The predicted octanol–water partition coefficient (Wildman–Crippen LogP) is 0.534. The fourth-order valence-corrected chi connectivity index (χ4v) is 2.06. The average Bonchev–Trinajstić information content (AvgIpc) is 2.42. The van der Waals surface area contributed by atoms with Crippen molar-refractivity contribution in [1.29, 1.82) is 0 Å². The van der Waals surface area contributed by atoms with Crippen LogP contribution in [0.3, 0.4) is 0 Å². The van der Waals surface area contributed by atoms with Crippen LogP contribution in [0.2, 0.25) is 0 Å². The number of alkyl halides is 3. The van der Waals surface area contributed by atoms with Gasteiger partial charge in [0.15, 0.2) is 6.10 Å². The third-order valence-corrected chi connectivity index (χ3v) is 3.54. The fraction of sp³-hybridized carbons (Fsp3) is 0.750. The molecule has 0 saturated carbocycles. The topological polar surface area (TPSA) is 65.4 Å². The molecule has 0 bridgehead atoms. The molecule has 1 aliphatic heterocycles. The SMILES string of the molecule is Cc1nnc(N2CCN(CC(O)C(F)(F)F)CC2)nc1C. The van der Waals surface area contributed by atoms with Gasteiger partial charge in [-0.05, 0) is 13.8 Å². The molecule has 6 nitrogen and oxygen atoms in total. The molecule has 1 aromatic heterocycles. The molecule has 9 heteroatoms. The first kappa shape index (κ1) is 15.9. The molecular weight excluding hydrogens is 287 g/mol. The lowest BCUT2D eigenvalue weighted by Gasteiger charge is -2.35. The maximum Gasteiger partial charge on any atom is 0.415 e. The number of halogens is 3. The Morgan fingerprint density at radius 2 is 1.71 bits per heavy atom. The number of nitrogens with zero attached hydrogens (tertiary/aromatic N) is 5.